The summed E-state index contributed by atoms with van der Waals surface area (Å²) in [6.45, 7) is 1.81. The second-order valence-electron chi connectivity index (χ2n) is 5.02. The van der Waals surface area contributed by atoms with Crippen LogP contribution < -0.4 is 14.8 Å². The SMILES string of the molecule is COC(=O)c1cc(OC)c(OC)cc1NC(=O)C=Cc1ccc(C)o1. The van der Waals surface area contributed by atoms with Gasteiger partial charge in [-0.1, -0.05) is 0 Å². The van der Waals surface area contributed by atoms with Crippen molar-refractivity contribution in [2.75, 3.05) is 26.6 Å². The van der Waals surface area contributed by atoms with Gasteiger partial charge in [-0.2, -0.15) is 0 Å². The lowest BCUT2D eigenvalue weighted by molar-refractivity contribution is -0.111. The average molecular weight is 345 g/mol. The zero-order valence-electron chi connectivity index (χ0n) is 14.4. The smallest absolute Gasteiger partial charge is 0.340 e. The quantitative estimate of drug-likeness (QED) is 0.640. The number of ether oxygens (including phenoxy) is 3. The molecule has 1 heterocycles. The van der Waals surface area contributed by atoms with Crippen molar-refractivity contribution in [1.29, 1.82) is 0 Å². The number of carbonyl (C=O) groups is 2. The van der Waals surface area contributed by atoms with Crippen LogP contribution in [0.1, 0.15) is 21.9 Å². The molecule has 7 heteroatoms. The summed E-state index contributed by atoms with van der Waals surface area (Å²) in [4.78, 5) is 24.1. The Labute approximate surface area is 145 Å². The molecule has 0 aliphatic carbocycles. The number of amides is 1. The first kappa shape index (κ1) is 18.1. The van der Waals surface area contributed by atoms with Crippen molar-refractivity contribution in [2.24, 2.45) is 0 Å². The van der Waals surface area contributed by atoms with Crippen molar-refractivity contribution >= 4 is 23.6 Å². The third-order valence-corrected chi connectivity index (χ3v) is 3.35. The number of rotatable bonds is 6. The lowest BCUT2D eigenvalue weighted by Gasteiger charge is -2.13. The number of methoxy groups -OCH3 is 3. The van der Waals surface area contributed by atoms with Gasteiger partial charge in [0.15, 0.2) is 11.5 Å². The summed E-state index contributed by atoms with van der Waals surface area (Å²) in [5.41, 5.74) is 0.394. The number of hydrogen-bond acceptors (Lipinski definition) is 6. The number of nitrogens with one attached hydrogen (secondary N) is 1. The van der Waals surface area contributed by atoms with Gasteiger partial charge in [-0.25, -0.2) is 4.79 Å². The van der Waals surface area contributed by atoms with Crippen molar-refractivity contribution in [1.82, 2.24) is 0 Å². The highest BCUT2D eigenvalue weighted by molar-refractivity contribution is 6.06. The van der Waals surface area contributed by atoms with E-state index in [-0.39, 0.29) is 11.3 Å². The van der Waals surface area contributed by atoms with Gasteiger partial charge >= 0.3 is 5.97 Å². The Morgan fingerprint density at radius 1 is 1.08 bits per heavy atom. The first-order chi connectivity index (χ1) is 12.0. The van der Waals surface area contributed by atoms with E-state index < -0.39 is 11.9 Å². The van der Waals surface area contributed by atoms with E-state index in [1.54, 1.807) is 12.1 Å². The van der Waals surface area contributed by atoms with Crippen LogP contribution >= 0.6 is 0 Å². The zero-order chi connectivity index (χ0) is 18.4. The fourth-order valence-corrected chi connectivity index (χ4v) is 2.14. The number of hydrogen-bond donors (Lipinski definition) is 1. The summed E-state index contributed by atoms with van der Waals surface area (Å²) in [5.74, 6) is 0.966. The molecule has 0 atom stereocenters. The summed E-state index contributed by atoms with van der Waals surface area (Å²) in [6.07, 6.45) is 2.83. The van der Waals surface area contributed by atoms with Crippen molar-refractivity contribution in [2.45, 2.75) is 6.92 Å². The molecule has 7 nitrogen and oxygen atoms in total. The molecule has 1 amide bonds. The maximum atomic E-state index is 12.1. The molecule has 0 fully saturated rings. The van der Waals surface area contributed by atoms with Gasteiger partial charge in [-0.05, 0) is 25.1 Å². The van der Waals surface area contributed by atoms with E-state index >= 15 is 0 Å². The third kappa shape index (κ3) is 4.41. The minimum absolute atomic E-state index is 0.149. The van der Waals surface area contributed by atoms with Gasteiger partial charge in [0.05, 0.1) is 32.6 Å². The minimum atomic E-state index is -0.609. The lowest BCUT2D eigenvalue weighted by Crippen LogP contribution is -2.13. The fourth-order valence-electron chi connectivity index (χ4n) is 2.14. The van der Waals surface area contributed by atoms with E-state index in [0.29, 0.717) is 17.3 Å². The van der Waals surface area contributed by atoms with Crippen molar-refractivity contribution in [3.8, 4) is 11.5 Å². The summed E-state index contributed by atoms with van der Waals surface area (Å²) in [5, 5.41) is 2.63. The summed E-state index contributed by atoms with van der Waals surface area (Å²) in [6, 6.07) is 6.48. The number of anilines is 1. The molecule has 1 aromatic heterocycles. The van der Waals surface area contributed by atoms with E-state index in [0.717, 1.165) is 5.76 Å². The maximum Gasteiger partial charge on any atom is 0.340 e. The largest absolute Gasteiger partial charge is 0.493 e. The number of carbonyl (C=O) groups excluding carboxylic acids is 2. The first-order valence-electron chi connectivity index (χ1n) is 7.38. The lowest BCUT2D eigenvalue weighted by atomic mass is 10.1. The van der Waals surface area contributed by atoms with Crippen LogP contribution in [0.15, 0.2) is 34.8 Å². The van der Waals surface area contributed by atoms with E-state index in [4.69, 9.17) is 18.6 Å². The highest BCUT2D eigenvalue weighted by Crippen LogP contribution is 2.33. The van der Waals surface area contributed by atoms with E-state index in [2.05, 4.69) is 5.32 Å². The average Bonchev–Trinajstić information content (AvgIpc) is 3.04. The van der Waals surface area contributed by atoms with E-state index in [9.17, 15) is 9.59 Å². The Morgan fingerprint density at radius 2 is 1.76 bits per heavy atom. The maximum absolute atomic E-state index is 12.1. The number of benzene rings is 1. The molecular weight excluding hydrogens is 326 g/mol. The van der Waals surface area contributed by atoms with Crippen LogP contribution in [0.3, 0.4) is 0 Å². The standard InChI is InChI=1S/C18H19NO6/c1-11-5-6-12(25-11)7-8-17(20)19-14-10-16(23-3)15(22-2)9-13(14)18(21)24-4/h5-10H,1-4H3,(H,19,20). The summed E-state index contributed by atoms with van der Waals surface area (Å²) < 4.78 is 20.5. The summed E-state index contributed by atoms with van der Waals surface area (Å²) >= 11 is 0. The van der Waals surface area contributed by atoms with E-state index in [1.807, 2.05) is 6.92 Å². The van der Waals surface area contributed by atoms with Crippen LogP contribution in [0.4, 0.5) is 5.69 Å². The predicted molar refractivity (Wildman–Crippen MR) is 92.0 cm³/mol. The topological polar surface area (TPSA) is 87.0 Å². The molecule has 0 aliphatic heterocycles. The number of aryl methyl sites for hydroxylation is 1. The van der Waals surface area contributed by atoms with Crippen molar-refractivity contribution in [3.63, 3.8) is 0 Å². The second kappa shape index (κ2) is 8.05. The highest BCUT2D eigenvalue weighted by Gasteiger charge is 2.18. The summed E-state index contributed by atoms with van der Waals surface area (Å²) in [7, 11) is 4.16. The molecule has 2 aromatic rings. The molecule has 0 saturated heterocycles. The van der Waals surface area contributed by atoms with Gasteiger partial charge in [0.2, 0.25) is 5.91 Å². The molecule has 0 unspecified atom stereocenters. The molecule has 0 aliphatic rings. The molecular formula is C18H19NO6. The van der Waals surface area contributed by atoms with Crippen LogP contribution in [0.25, 0.3) is 6.08 Å². The molecule has 2 rings (SSSR count). The zero-order valence-corrected chi connectivity index (χ0v) is 14.4. The molecule has 1 aromatic carbocycles. The monoisotopic (exact) mass is 345 g/mol. The fraction of sp³-hybridized carbons (Fsp3) is 0.222. The van der Waals surface area contributed by atoms with Gasteiger partial charge in [-0.3, -0.25) is 4.79 Å². The Kier molecular flexibility index (Phi) is 5.84. The molecule has 132 valence electrons. The van der Waals surface area contributed by atoms with Crippen LogP contribution in [0.2, 0.25) is 0 Å². The molecule has 25 heavy (non-hydrogen) atoms. The molecule has 1 N–H and O–H groups in total. The van der Waals surface area contributed by atoms with Crippen LogP contribution in [-0.2, 0) is 9.53 Å². The normalized spacial score (nSPS) is 10.6. The van der Waals surface area contributed by atoms with Gasteiger partial charge in [0.1, 0.15) is 11.5 Å². The second-order valence-corrected chi connectivity index (χ2v) is 5.02. The van der Waals surface area contributed by atoms with Crippen LogP contribution in [-0.4, -0.2) is 33.2 Å². The Hall–Kier alpha value is -3.22. The minimum Gasteiger partial charge on any atom is -0.493 e. The van der Waals surface area contributed by atoms with Crippen molar-refractivity contribution in [3.05, 3.63) is 47.4 Å². The highest BCUT2D eigenvalue weighted by atomic mass is 16.5. The molecule has 0 bridgehead atoms. The van der Waals surface area contributed by atoms with Gasteiger partial charge in [-0.15, -0.1) is 0 Å². The Morgan fingerprint density at radius 3 is 2.32 bits per heavy atom. The number of furan rings is 1. The van der Waals surface area contributed by atoms with Crippen molar-refractivity contribution < 1.29 is 28.2 Å². The van der Waals surface area contributed by atoms with Crippen LogP contribution in [0, 0.1) is 6.92 Å². The molecule has 0 saturated carbocycles. The predicted octanol–water partition coefficient (Wildman–Crippen LogP) is 3.04. The first-order valence-corrected chi connectivity index (χ1v) is 7.38. The van der Waals surface area contributed by atoms with E-state index in [1.165, 1.54) is 45.6 Å². The third-order valence-electron chi connectivity index (χ3n) is 3.35. The van der Waals surface area contributed by atoms with Gasteiger partial charge < -0.3 is 23.9 Å². The molecule has 0 radical (unpaired) electrons. The Bertz CT molecular complexity index is 806. The van der Waals surface area contributed by atoms with Crippen LogP contribution in [0.5, 0.6) is 11.5 Å². The Balaban J connectivity index is 2.28. The molecule has 0 spiro atoms. The van der Waals surface area contributed by atoms with Gasteiger partial charge in [0.25, 0.3) is 0 Å². The number of esters is 1. The van der Waals surface area contributed by atoms with Gasteiger partial charge in [0, 0.05) is 18.2 Å².